The standard InChI is InChI=1S/C15H16N2O4/c1-20-11-7-6-10(13(8-11)21-2)9-16-14-5-3-4-12(17-14)15(18)19/h3-8H,9H2,1-2H3,(H,16,17)(H,18,19). The highest BCUT2D eigenvalue weighted by atomic mass is 16.5. The van der Waals surface area contributed by atoms with Crippen LogP contribution in [0.15, 0.2) is 36.4 Å². The van der Waals surface area contributed by atoms with Gasteiger partial charge in [-0.15, -0.1) is 0 Å². The first-order valence-corrected chi connectivity index (χ1v) is 6.29. The number of benzene rings is 1. The number of methoxy groups -OCH3 is 2. The topological polar surface area (TPSA) is 80.7 Å². The van der Waals surface area contributed by atoms with Crippen molar-refractivity contribution in [3.8, 4) is 11.5 Å². The third-order valence-electron chi connectivity index (χ3n) is 2.92. The van der Waals surface area contributed by atoms with Gasteiger partial charge in [-0.05, 0) is 24.3 Å². The molecule has 2 aromatic rings. The van der Waals surface area contributed by atoms with Gasteiger partial charge in [-0.2, -0.15) is 0 Å². The van der Waals surface area contributed by atoms with Crippen molar-refractivity contribution in [1.29, 1.82) is 0 Å². The minimum atomic E-state index is -1.05. The summed E-state index contributed by atoms with van der Waals surface area (Å²) in [6.07, 6.45) is 0. The van der Waals surface area contributed by atoms with Crippen LogP contribution in [0.5, 0.6) is 11.5 Å². The number of rotatable bonds is 6. The maximum absolute atomic E-state index is 10.9. The molecule has 0 aliphatic carbocycles. The Bertz CT molecular complexity index is 643. The zero-order valence-electron chi connectivity index (χ0n) is 11.8. The van der Waals surface area contributed by atoms with Crippen LogP contribution in [-0.4, -0.2) is 30.3 Å². The minimum absolute atomic E-state index is 0.00157. The third kappa shape index (κ3) is 3.62. The van der Waals surface area contributed by atoms with E-state index in [1.165, 1.54) is 6.07 Å². The number of aromatic nitrogens is 1. The maximum Gasteiger partial charge on any atom is 0.354 e. The van der Waals surface area contributed by atoms with Crippen molar-refractivity contribution >= 4 is 11.8 Å². The summed E-state index contributed by atoms with van der Waals surface area (Å²) in [5.74, 6) is 0.839. The maximum atomic E-state index is 10.9. The molecule has 1 aromatic heterocycles. The van der Waals surface area contributed by atoms with Crippen LogP contribution < -0.4 is 14.8 Å². The van der Waals surface area contributed by atoms with Gasteiger partial charge in [0.15, 0.2) is 5.69 Å². The Labute approximate surface area is 122 Å². The van der Waals surface area contributed by atoms with E-state index in [1.54, 1.807) is 32.4 Å². The molecule has 2 N–H and O–H groups in total. The largest absolute Gasteiger partial charge is 0.497 e. The summed E-state index contributed by atoms with van der Waals surface area (Å²) in [5.41, 5.74) is 0.919. The Morgan fingerprint density at radius 1 is 1.24 bits per heavy atom. The number of anilines is 1. The summed E-state index contributed by atoms with van der Waals surface area (Å²) in [6.45, 7) is 0.462. The molecular formula is C15H16N2O4. The molecule has 0 spiro atoms. The number of carboxylic acids is 1. The average Bonchev–Trinajstić information content (AvgIpc) is 2.53. The molecule has 0 amide bonds. The van der Waals surface area contributed by atoms with Gasteiger partial charge in [0, 0.05) is 18.2 Å². The van der Waals surface area contributed by atoms with Crippen LogP contribution >= 0.6 is 0 Å². The second-order valence-corrected chi connectivity index (χ2v) is 4.24. The summed E-state index contributed by atoms with van der Waals surface area (Å²) in [5, 5.41) is 12.0. The third-order valence-corrected chi connectivity index (χ3v) is 2.92. The highest BCUT2D eigenvalue weighted by Crippen LogP contribution is 2.25. The fraction of sp³-hybridized carbons (Fsp3) is 0.200. The zero-order chi connectivity index (χ0) is 15.2. The van der Waals surface area contributed by atoms with Crippen LogP contribution in [0.1, 0.15) is 16.1 Å². The number of pyridine rings is 1. The van der Waals surface area contributed by atoms with Crippen molar-refractivity contribution in [2.45, 2.75) is 6.54 Å². The fourth-order valence-corrected chi connectivity index (χ4v) is 1.84. The van der Waals surface area contributed by atoms with Crippen molar-refractivity contribution in [2.24, 2.45) is 0 Å². The molecule has 6 heteroatoms. The number of nitrogens with one attached hydrogen (secondary N) is 1. The highest BCUT2D eigenvalue weighted by Gasteiger charge is 2.07. The predicted molar refractivity (Wildman–Crippen MR) is 78.1 cm³/mol. The molecule has 0 saturated heterocycles. The van der Waals surface area contributed by atoms with Gasteiger partial charge in [0.25, 0.3) is 0 Å². The Balaban J connectivity index is 2.12. The summed E-state index contributed by atoms with van der Waals surface area (Å²) >= 11 is 0. The van der Waals surface area contributed by atoms with Gasteiger partial charge in [0.05, 0.1) is 14.2 Å². The predicted octanol–water partition coefficient (Wildman–Crippen LogP) is 2.41. The summed E-state index contributed by atoms with van der Waals surface area (Å²) in [6, 6.07) is 10.3. The quantitative estimate of drug-likeness (QED) is 0.849. The first-order chi connectivity index (χ1) is 10.1. The molecule has 1 aromatic carbocycles. The van der Waals surface area contributed by atoms with E-state index in [9.17, 15) is 4.79 Å². The Morgan fingerprint density at radius 2 is 2.05 bits per heavy atom. The highest BCUT2D eigenvalue weighted by molar-refractivity contribution is 5.85. The van der Waals surface area contributed by atoms with Crippen molar-refractivity contribution < 1.29 is 19.4 Å². The number of carboxylic acid groups (broad SMARTS) is 1. The molecule has 0 saturated carbocycles. The Kier molecular flexibility index (Phi) is 4.61. The molecule has 0 fully saturated rings. The lowest BCUT2D eigenvalue weighted by atomic mass is 10.2. The van der Waals surface area contributed by atoms with Gasteiger partial charge in [0.2, 0.25) is 0 Å². The lowest BCUT2D eigenvalue weighted by Crippen LogP contribution is -2.06. The van der Waals surface area contributed by atoms with Crippen LogP contribution in [-0.2, 0) is 6.54 Å². The number of hydrogen-bond acceptors (Lipinski definition) is 5. The van der Waals surface area contributed by atoms with Gasteiger partial charge >= 0.3 is 5.97 Å². The van der Waals surface area contributed by atoms with Gasteiger partial charge in [-0.1, -0.05) is 6.07 Å². The van der Waals surface area contributed by atoms with E-state index < -0.39 is 5.97 Å². The van der Waals surface area contributed by atoms with Crippen molar-refractivity contribution in [3.05, 3.63) is 47.7 Å². The van der Waals surface area contributed by atoms with Gasteiger partial charge < -0.3 is 19.9 Å². The molecule has 2 rings (SSSR count). The number of nitrogens with zero attached hydrogens (tertiary/aromatic N) is 1. The molecule has 1 heterocycles. The lowest BCUT2D eigenvalue weighted by Gasteiger charge is -2.11. The number of carbonyl (C=O) groups is 1. The monoisotopic (exact) mass is 288 g/mol. The van der Waals surface area contributed by atoms with Crippen molar-refractivity contribution in [1.82, 2.24) is 4.98 Å². The SMILES string of the molecule is COc1ccc(CNc2cccc(C(=O)O)n2)c(OC)c1. The fourth-order valence-electron chi connectivity index (χ4n) is 1.84. The van der Waals surface area contributed by atoms with Gasteiger partial charge in [-0.25, -0.2) is 9.78 Å². The summed E-state index contributed by atoms with van der Waals surface area (Å²) < 4.78 is 10.4. The van der Waals surface area contributed by atoms with E-state index in [-0.39, 0.29) is 5.69 Å². The van der Waals surface area contributed by atoms with E-state index in [0.717, 1.165) is 5.56 Å². The number of ether oxygens (including phenoxy) is 2. The Morgan fingerprint density at radius 3 is 2.71 bits per heavy atom. The molecule has 0 bridgehead atoms. The molecule has 21 heavy (non-hydrogen) atoms. The number of aromatic carboxylic acids is 1. The molecule has 0 radical (unpaired) electrons. The zero-order valence-corrected chi connectivity index (χ0v) is 11.8. The average molecular weight is 288 g/mol. The molecule has 0 atom stereocenters. The molecule has 6 nitrogen and oxygen atoms in total. The smallest absolute Gasteiger partial charge is 0.354 e. The Hall–Kier alpha value is -2.76. The molecular weight excluding hydrogens is 272 g/mol. The van der Waals surface area contributed by atoms with Gasteiger partial charge in [-0.3, -0.25) is 0 Å². The van der Waals surface area contributed by atoms with Crippen LogP contribution in [0.3, 0.4) is 0 Å². The van der Waals surface area contributed by atoms with Crippen molar-refractivity contribution in [2.75, 3.05) is 19.5 Å². The van der Waals surface area contributed by atoms with E-state index in [0.29, 0.717) is 23.9 Å². The molecule has 0 unspecified atom stereocenters. The van der Waals surface area contributed by atoms with E-state index in [1.807, 2.05) is 12.1 Å². The first kappa shape index (κ1) is 14.6. The second kappa shape index (κ2) is 6.60. The van der Waals surface area contributed by atoms with Crippen LogP contribution in [0.4, 0.5) is 5.82 Å². The summed E-state index contributed by atoms with van der Waals surface area (Å²) in [7, 11) is 3.18. The molecule has 0 aliphatic rings. The lowest BCUT2D eigenvalue weighted by molar-refractivity contribution is 0.0690. The van der Waals surface area contributed by atoms with Crippen LogP contribution in [0.25, 0.3) is 0 Å². The number of hydrogen-bond donors (Lipinski definition) is 2. The van der Waals surface area contributed by atoms with Crippen LogP contribution in [0.2, 0.25) is 0 Å². The van der Waals surface area contributed by atoms with E-state index in [2.05, 4.69) is 10.3 Å². The second-order valence-electron chi connectivity index (χ2n) is 4.24. The summed E-state index contributed by atoms with van der Waals surface area (Å²) in [4.78, 5) is 14.9. The van der Waals surface area contributed by atoms with Crippen LogP contribution in [0, 0.1) is 0 Å². The molecule has 110 valence electrons. The molecule has 0 aliphatic heterocycles. The van der Waals surface area contributed by atoms with E-state index in [4.69, 9.17) is 14.6 Å². The van der Waals surface area contributed by atoms with Gasteiger partial charge in [0.1, 0.15) is 17.3 Å². The van der Waals surface area contributed by atoms with Crippen molar-refractivity contribution in [3.63, 3.8) is 0 Å². The normalized spacial score (nSPS) is 10.0. The first-order valence-electron chi connectivity index (χ1n) is 6.29. The minimum Gasteiger partial charge on any atom is -0.497 e. The van der Waals surface area contributed by atoms with E-state index >= 15 is 0 Å².